The highest BCUT2D eigenvalue weighted by Gasteiger charge is 2.12. The molecule has 1 aromatic carbocycles. The van der Waals surface area contributed by atoms with E-state index in [1.165, 1.54) is 42.8 Å². The molecule has 1 aliphatic rings. The number of hydrogen-bond acceptors (Lipinski definition) is 3. The number of likely N-dealkylation sites (tertiary alicyclic amines) is 1. The van der Waals surface area contributed by atoms with Gasteiger partial charge in [0.2, 0.25) is 0 Å². The van der Waals surface area contributed by atoms with E-state index in [0.717, 1.165) is 24.0 Å². The normalized spacial score (nSPS) is 15.6. The molecular formula is C18H20N4. The number of aromatic nitrogens is 3. The standard InChI is InChI=1S/C18H20N4/c1-2-7-22(6-1)12-15-5-3-4-14(8-15)9-17-10-16-11-19-13-20-18(16)21-17/h3-5,8,10-11,13H,1-2,6-7,9,12H2,(H,19,20,21). The molecule has 22 heavy (non-hydrogen) atoms. The summed E-state index contributed by atoms with van der Waals surface area (Å²) in [5.41, 5.74) is 4.86. The van der Waals surface area contributed by atoms with E-state index in [9.17, 15) is 0 Å². The Labute approximate surface area is 130 Å². The van der Waals surface area contributed by atoms with Gasteiger partial charge < -0.3 is 4.98 Å². The lowest BCUT2D eigenvalue weighted by Gasteiger charge is -2.15. The Morgan fingerprint density at radius 2 is 1.95 bits per heavy atom. The second-order valence-corrected chi connectivity index (χ2v) is 6.10. The molecule has 0 amide bonds. The Morgan fingerprint density at radius 3 is 2.82 bits per heavy atom. The van der Waals surface area contributed by atoms with Gasteiger partial charge in [-0.2, -0.15) is 0 Å². The first-order valence-electron chi connectivity index (χ1n) is 7.94. The van der Waals surface area contributed by atoms with Crippen LogP contribution in [0.3, 0.4) is 0 Å². The van der Waals surface area contributed by atoms with Crippen LogP contribution >= 0.6 is 0 Å². The first-order chi connectivity index (χ1) is 10.9. The van der Waals surface area contributed by atoms with Crippen LogP contribution in [-0.4, -0.2) is 32.9 Å². The molecule has 0 bridgehead atoms. The molecule has 1 N–H and O–H groups in total. The molecule has 1 saturated heterocycles. The lowest BCUT2D eigenvalue weighted by atomic mass is 10.1. The summed E-state index contributed by atoms with van der Waals surface area (Å²) in [7, 11) is 0. The van der Waals surface area contributed by atoms with Crippen molar-refractivity contribution in [2.24, 2.45) is 0 Å². The predicted molar refractivity (Wildman–Crippen MR) is 87.6 cm³/mol. The average Bonchev–Trinajstić information content (AvgIpc) is 3.16. The van der Waals surface area contributed by atoms with E-state index in [-0.39, 0.29) is 0 Å². The van der Waals surface area contributed by atoms with Crippen LogP contribution in [0.1, 0.15) is 29.7 Å². The largest absolute Gasteiger partial charge is 0.343 e. The van der Waals surface area contributed by atoms with Gasteiger partial charge in [0.05, 0.1) is 0 Å². The van der Waals surface area contributed by atoms with Gasteiger partial charge in [0, 0.05) is 30.2 Å². The second kappa shape index (κ2) is 5.89. The number of fused-ring (bicyclic) bond motifs is 1. The zero-order chi connectivity index (χ0) is 14.8. The topological polar surface area (TPSA) is 44.8 Å². The maximum Gasteiger partial charge on any atom is 0.140 e. The fourth-order valence-electron chi connectivity index (χ4n) is 3.28. The van der Waals surface area contributed by atoms with Crippen LogP contribution in [0.25, 0.3) is 11.0 Å². The predicted octanol–water partition coefficient (Wildman–Crippen LogP) is 3.14. The molecule has 0 saturated carbocycles. The molecule has 4 heteroatoms. The molecule has 112 valence electrons. The van der Waals surface area contributed by atoms with Gasteiger partial charge in [0.15, 0.2) is 0 Å². The zero-order valence-electron chi connectivity index (χ0n) is 12.6. The average molecular weight is 292 g/mol. The minimum atomic E-state index is 0.907. The maximum atomic E-state index is 4.26. The third-order valence-corrected chi connectivity index (χ3v) is 4.34. The van der Waals surface area contributed by atoms with Gasteiger partial charge in [-0.15, -0.1) is 0 Å². The third-order valence-electron chi connectivity index (χ3n) is 4.34. The summed E-state index contributed by atoms with van der Waals surface area (Å²) < 4.78 is 0. The fraction of sp³-hybridized carbons (Fsp3) is 0.333. The van der Waals surface area contributed by atoms with Gasteiger partial charge in [-0.1, -0.05) is 24.3 Å². The molecule has 3 heterocycles. The van der Waals surface area contributed by atoms with Crippen LogP contribution in [0, 0.1) is 0 Å². The molecule has 0 unspecified atom stereocenters. The molecule has 4 nitrogen and oxygen atoms in total. The molecule has 0 radical (unpaired) electrons. The highest BCUT2D eigenvalue weighted by Crippen LogP contribution is 2.17. The summed E-state index contributed by atoms with van der Waals surface area (Å²) in [5.74, 6) is 0. The minimum Gasteiger partial charge on any atom is -0.343 e. The molecule has 0 aliphatic carbocycles. The molecule has 4 rings (SSSR count). The highest BCUT2D eigenvalue weighted by molar-refractivity contribution is 5.75. The van der Waals surface area contributed by atoms with E-state index in [0.29, 0.717) is 0 Å². The number of hydrogen-bond donors (Lipinski definition) is 1. The Kier molecular flexibility index (Phi) is 3.60. The fourth-order valence-corrected chi connectivity index (χ4v) is 3.28. The van der Waals surface area contributed by atoms with Crippen LogP contribution in [0.15, 0.2) is 42.9 Å². The smallest absolute Gasteiger partial charge is 0.140 e. The van der Waals surface area contributed by atoms with Crippen molar-refractivity contribution in [3.05, 3.63) is 59.7 Å². The van der Waals surface area contributed by atoms with Crippen molar-refractivity contribution in [1.82, 2.24) is 19.9 Å². The van der Waals surface area contributed by atoms with Crippen molar-refractivity contribution in [3.8, 4) is 0 Å². The van der Waals surface area contributed by atoms with Gasteiger partial charge in [0.25, 0.3) is 0 Å². The number of rotatable bonds is 4. The Balaban J connectivity index is 1.52. The number of aromatic amines is 1. The monoisotopic (exact) mass is 292 g/mol. The number of nitrogens with one attached hydrogen (secondary N) is 1. The van der Waals surface area contributed by atoms with Crippen LogP contribution in [0.2, 0.25) is 0 Å². The quantitative estimate of drug-likeness (QED) is 0.803. The third kappa shape index (κ3) is 2.88. The van der Waals surface area contributed by atoms with Crippen molar-refractivity contribution >= 4 is 11.0 Å². The van der Waals surface area contributed by atoms with E-state index in [4.69, 9.17) is 0 Å². The number of nitrogens with zero attached hydrogens (tertiary/aromatic N) is 3. The van der Waals surface area contributed by atoms with Crippen LogP contribution in [-0.2, 0) is 13.0 Å². The Bertz CT molecular complexity index is 738. The lowest BCUT2D eigenvalue weighted by Crippen LogP contribution is -2.18. The van der Waals surface area contributed by atoms with Crippen molar-refractivity contribution in [2.75, 3.05) is 13.1 Å². The molecule has 0 atom stereocenters. The molecule has 0 spiro atoms. The van der Waals surface area contributed by atoms with Crippen molar-refractivity contribution < 1.29 is 0 Å². The number of benzene rings is 1. The lowest BCUT2D eigenvalue weighted by molar-refractivity contribution is 0.331. The van der Waals surface area contributed by atoms with Crippen LogP contribution in [0.4, 0.5) is 0 Å². The molecule has 1 aliphatic heterocycles. The van der Waals surface area contributed by atoms with Gasteiger partial charge >= 0.3 is 0 Å². The van der Waals surface area contributed by atoms with E-state index in [2.05, 4.69) is 50.2 Å². The molecule has 2 aromatic heterocycles. The second-order valence-electron chi connectivity index (χ2n) is 6.10. The Morgan fingerprint density at radius 1 is 1.09 bits per heavy atom. The van der Waals surface area contributed by atoms with Crippen molar-refractivity contribution in [2.45, 2.75) is 25.8 Å². The number of H-pyrrole nitrogens is 1. The van der Waals surface area contributed by atoms with Crippen molar-refractivity contribution in [3.63, 3.8) is 0 Å². The van der Waals surface area contributed by atoms with Gasteiger partial charge in [0.1, 0.15) is 12.0 Å². The van der Waals surface area contributed by atoms with E-state index < -0.39 is 0 Å². The summed E-state index contributed by atoms with van der Waals surface area (Å²) in [6.07, 6.45) is 7.03. The summed E-state index contributed by atoms with van der Waals surface area (Å²) >= 11 is 0. The van der Waals surface area contributed by atoms with E-state index in [1.54, 1.807) is 6.33 Å². The van der Waals surface area contributed by atoms with E-state index in [1.807, 2.05) is 6.20 Å². The van der Waals surface area contributed by atoms with Gasteiger partial charge in [-0.25, -0.2) is 9.97 Å². The first kappa shape index (κ1) is 13.5. The Hall–Kier alpha value is -2.20. The van der Waals surface area contributed by atoms with Crippen LogP contribution < -0.4 is 0 Å². The summed E-state index contributed by atoms with van der Waals surface area (Å²) in [4.78, 5) is 14.2. The van der Waals surface area contributed by atoms with Gasteiger partial charge in [-0.3, -0.25) is 4.90 Å². The molecular weight excluding hydrogens is 272 g/mol. The van der Waals surface area contributed by atoms with Gasteiger partial charge in [-0.05, 0) is 43.1 Å². The molecule has 3 aromatic rings. The minimum absolute atomic E-state index is 0.907. The highest BCUT2D eigenvalue weighted by atomic mass is 15.1. The first-order valence-corrected chi connectivity index (χ1v) is 7.94. The SMILES string of the molecule is c1cc(Cc2cc3cncnc3[nH]2)cc(CN2CCCC2)c1. The summed E-state index contributed by atoms with van der Waals surface area (Å²) in [6.45, 7) is 3.56. The summed E-state index contributed by atoms with van der Waals surface area (Å²) in [6, 6.07) is 11.1. The van der Waals surface area contributed by atoms with Crippen molar-refractivity contribution in [1.29, 1.82) is 0 Å². The van der Waals surface area contributed by atoms with Crippen LogP contribution in [0.5, 0.6) is 0 Å². The zero-order valence-corrected chi connectivity index (χ0v) is 12.6. The van der Waals surface area contributed by atoms with E-state index >= 15 is 0 Å². The maximum absolute atomic E-state index is 4.26. The molecule has 1 fully saturated rings. The summed E-state index contributed by atoms with van der Waals surface area (Å²) in [5, 5.41) is 1.07.